The summed E-state index contributed by atoms with van der Waals surface area (Å²) in [6.45, 7) is 4.73. The van der Waals surface area contributed by atoms with Crippen LogP contribution in [0.15, 0.2) is 35.9 Å². The van der Waals surface area contributed by atoms with E-state index in [-0.39, 0.29) is 12.4 Å². The van der Waals surface area contributed by atoms with E-state index in [1.807, 2.05) is 18.2 Å². The molecule has 0 atom stereocenters. The molecule has 5 nitrogen and oxygen atoms in total. The van der Waals surface area contributed by atoms with Gasteiger partial charge in [0.25, 0.3) is 6.47 Å². The van der Waals surface area contributed by atoms with Crippen LogP contribution in [0.3, 0.4) is 0 Å². The topological polar surface area (TPSA) is 66.8 Å². The van der Waals surface area contributed by atoms with Crippen LogP contribution in [0.4, 0.5) is 0 Å². The number of hydrogen-bond acceptors (Lipinski definition) is 3. The van der Waals surface area contributed by atoms with Crippen LogP contribution in [0.1, 0.15) is 64.4 Å². The lowest BCUT2D eigenvalue weighted by atomic mass is 10.0. The molecule has 1 aliphatic carbocycles. The Morgan fingerprint density at radius 3 is 2.56 bits per heavy atom. The van der Waals surface area contributed by atoms with Gasteiger partial charge in [-0.2, -0.15) is 0 Å². The molecule has 0 radical (unpaired) electrons. The number of amides is 1. The molecule has 0 heterocycles. The normalized spacial score (nSPS) is 13.4. The second-order valence-electron chi connectivity index (χ2n) is 6.72. The highest BCUT2D eigenvalue weighted by Crippen LogP contribution is 2.31. The number of carboxylic acid groups (broad SMARTS) is 1. The molecule has 0 aliphatic heterocycles. The number of nitrogens with zero attached hydrogens (tertiary/aromatic N) is 1. The van der Waals surface area contributed by atoms with Gasteiger partial charge in [0.2, 0.25) is 5.91 Å². The number of carbonyl (C=O) groups is 2. The van der Waals surface area contributed by atoms with Crippen LogP contribution in [-0.4, -0.2) is 35.5 Å². The molecule has 5 heteroatoms. The minimum Gasteiger partial charge on any atom is -0.497 e. The van der Waals surface area contributed by atoms with E-state index >= 15 is 0 Å². The Labute approximate surface area is 163 Å². The van der Waals surface area contributed by atoms with Crippen molar-refractivity contribution in [3.63, 3.8) is 0 Å². The van der Waals surface area contributed by atoms with Crippen LogP contribution in [0.5, 0.6) is 5.75 Å². The zero-order chi connectivity index (χ0) is 20.1. The van der Waals surface area contributed by atoms with Gasteiger partial charge in [-0.15, -0.1) is 0 Å². The van der Waals surface area contributed by atoms with E-state index in [9.17, 15) is 4.79 Å². The van der Waals surface area contributed by atoms with E-state index in [1.54, 1.807) is 7.11 Å². The van der Waals surface area contributed by atoms with Gasteiger partial charge in [0.15, 0.2) is 0 Å². The predicted molar refractivity (Wildman–Crippen MR) is 108 cm³/mol. The monoisotopic (exact) mass is 375 g/mol. The van der Waals surface area contributed by atoms with Gasteiger partial charge in [0, 0.05) is 18.2 Å². The number of carbonyl (C=O) groups excluding carboxylic acids is 1. The van der Waals surface area contributed by atoms with Gasteiger partial charge < -0.3 is 14.7 Å². The lowest BCUT2D eigenvalue weighted by molar-refractivity contribution is -0.128. The highest BCUT2D eigenvalue weighted by molar-refractivity contribution is 5.93. The molecule has 1 N–H and O–H groups in total. The standard InChI is InChI=1S/C21H31NO2.CH2O2/c1-4-6-7-11-18(9-5-2)21(23)22(19-13-14-19)16-17-10-8-12-20(15-17)24-3;2-1-3/h8-10,12,15,19H,4-7,11,13-14,16H2,1-3H3;1H,(H,2,3)/b18-9-;. The van der Waals surface area contributed by atoms with Crippen LogP contribution in [0, 0.1) is 0 Å². The first-order valence-corrected chi connectivity index (χ1v) is 9.81. The number of unbranched alkanes of at least 4 members (excludes halogenated alkanes) is 2. The van der Waals surface area contributed by atoms with E-state index < -0.39 is 0 Å². The van der Waals surface area contributed by atoms with Crippen LogP contribution in [0.25, 0.3) is 0 Å². The molecule has 1 amide bonds. The summed E-state index contributed by atoms with van der Waals surface area (Å²) in [5, 5.41) is 6.89. The zero-order valence-electron chi connectivity index (χ0n) is 16.8. The third-order valence-electron chi connectivity index (χ3n) is 4.51. The van der Waals surface area contributed by atoms with Gasteiger partial charge in [0.1, 0.15) is 5.75 Å². The highest BCUT2D eigenvalue weighted by Gasteiger charge is 2.33. The Bertz CT molecular complexity index is 608. The van der Waals surface area contributed by atoms with Gasteiger partial charge in [-0.05, 0) is 49.8 Å². The summed E-state index contributed by atoms with van der Waals surface area (Å²) < 4.78 is 5.31. The van der Waals surface area contributed by atoms with Crippen molar-refractivity contribution in [2.45, 2.75) is 71.4 Å². The Balaban J connectivity index is 0.00000114. The van der Waals surface area contributed by atoms with Crippen molar-refractivity contribution in [3.05, 3.63) is 41.5 Å². The maximum Gasteiger partial charge on any atom is 0.290 e. The van der Waals surface area contributed by atoms with E-state index in [0.29, 0.717) is 12.6 Å². The molecule has 150 valence electrons. The van der Waals surface area contributed by atoms with Gasteiger partial charge >= 0.3 is 0 Å². The molecular formula is C22H33NO4. The zero-order valence-corrected chi connectivity index (χ0v) is 16.8. The second kappa shape index (κ2) is 13.0. The van der Waals surface area contributed by atoms with Gasteiger partial charge in [-0.1, -0.05) is 44.9 Å². The minimum atomic E-state index is -0.250. The largest absolute Gasteiger partial charge is 0.497 e. The summed E-state index contributed by atoms with van der Waals surface area (Å²) >= 11 is 0. The molecular weight excluding hydrogens is 342 g/mol. The Kier molecular flexibility index (Phi) is 10.9. The van der Waals surface area contributed by atoms with Crippen molar-refractivity contribution in [1.82, 2.24) is 4.90 Å². The molecule has 1 aliphatic rings. The Morgan fingerprint density at radius 2 is 2.00 bits per heavy atom. The van der Waals surface area contributed by atoms with E-state index in [2.05, 4.69) is 30.9 Å². The van der Waals surface area contributed by atoms with E-state index in [1.165, 1.54) is 12.8 Å². The summed E-state index contributed by atoms with van der Waals surface area (Å²) in [6.07, 6.45) is 9.68. The van der Waals surface area contributed by atoms with Crippen molar-refractivity contribution in [1.29, 1.82) is 0 Å². The average molecular weight is 376 g/mol. The highest BCUT2D eigenvalue weighted by atomic mass is 16.5. The first kappa shape index (κ1) is 22.7. The minimum absolute atomic E-state index is 0.235. The fraction of sp³-hybridized carbons (Fsp3) is 0.545. The fourth-order valence-corrected chi connectivity index (χ4v) is 3.01. The molecule has 0 aromatic heterocycles. The lowest BCUT2D eigenvalue weighted by Crippen LogP contribution is -2.33. The summed E-state index contributed by atoms with van der Waals surface area (Å²) in [5.74, 6) is 1.08. The first-order chi connectivity index (χ1) is 13.1. The van der Waals surface area contributed by atoms with Crippen molar-refractivity contribution >= 4 is 12.4 Å². The summed E-state index contributed by atoms with van der Waals surface area (Å²) in [6, 6.07) is 8.46. The summed E-state index contributed by atoms with van der Waals surface area (Å²) in [5.41, 5.74) is 2.14. The van der Waals surface area contributed by atoms with Crippen molar-refractivity contribution in [3.8, 4) is 5.75 Å². The third kappa shape index (κ3) is 8.29. The summed E-state index contributed by atoms with van der Waals surface area (Å²) in [4.78, 5) is 23.5. The SMILES string of the molecule is CC/C=C(/CCCCC)C(=O)N(Cc1cccc(OC)c1)C1CC1.O=CO. The smallest absolute Gasteiger partial charge is 0.290 e. The number of hydrogen-bond donors (Lipinski definition) is 1. The van der Waals surface area contributed by atoms with Crippen molar-refractivity contribution in [2.24, 2.45) is 0 Å². The lowest BCUT2D eigenvalue weighted by Gasteiger charge is -2.24. The first-order valence-electron chi connectivity index (χ1n) is 9.81. The molecule has 0 spiro atoms. The molecule has 0 bridgehead atoms. The van der Waals surface area contributed by atoms with Crippen LogP contribution >= 0.6 is 0 Å². The van der Waals surface area contributed by atoms with Gasteiger partial charge in [0.05, 0.1) is 7.11 Å². The molecule has 0 unspecified atom stereocenters. The summed E-state index contributed by atoms with van der Waals surface area (Å²) in [7, 11) is 1.68. The molecule has 0 saturated heterocycles. The molecule has 1 fully saturated rings. The second-order valence-corrected chi connectivity index (χ2v) is 6.72. The fourth-order valence-electron chi connectivity index (χ4n) is 3.01. The van der Waals surface area contributed by atoms with Crippen LogP contribution in [-0.2, 0) is 16.1 Å². The average Bonchev–Trinajstić information content (AvgIpc) is 3.51. The molecule has 1 saturated carbocycles. The Morgan fingerprint density at radius 1 is 1.30 bits per heavy atom. The van der Waals surface area contributed by atoms with Gasteiger partial charge in [-0.25, -0.2) is 0 Å². The van der Waals surface area contributed by atoms with Crippen molar-refractivity contribution in [2.75, 3.05) is 7.11 Å². The number of ether oxygens (including phenoxy) is 1. The third-order valence-corrected chi connectivity index (χ3v) is 4.51. The maximum absolute atomic E-state index is 13.1. The van der Waals surface area contributed by atoms with Gasteiger partial charge in [-0.3, -0.25) is 9.59 Å². The number of methoxy groups -OCH3 is 1. The van der Waals surface area contributed by atoms with Crippen LogP contribution in [0.2, 0.25) is 0 Å². The molecule has 27 heavy (non-hydrogen) atoms. The van der Waals surface area contributed by atoms with Crippen LogP contribution < -0.4 is 4.74 Å². The number of allylic oxidation sites excluding steroid dienone is 1. The number of benzene rings is 1. The van der Waals surface area contributed by atoms with Crippen molar-refractivity contribution < 1.29 is 19.4 Å². The van der Waals surface area contributed by atoms with E-state index in [0.717, 1.165) is 49.0 Å². The molecule has 2 rings (SSSR count). The molecule has 1 aromatic carbocycles. The quantitative estimate of drug-likeness (QED) is 0.362. The van der Waals surface area contributed by atoms with E-state index in [4.69, 9.17) is 14.6 Å². The molecule has 1 aromatic rings. The predicted octanol–water partition coefficient (Wildman–Crippen LogP) is 4.80. The Hall–Kier alpha value is -2.30. The maximum atomic E-state index is 13.1. The number of rotatable bonds is 10.